The van der Waals surface area contributed by atoms with Crippen molar-refractivity contribution < 1.29 is 4.79 Å². The van der Waals surface area contributed by atoms with Gasteiger partial charge in [0.05, 0.1) is 12.5 Å². The fraction of sp³-hybridized carbons (Fsp3) is 0.526. The van der Waals surface area contributed by atoms with Crippen LogP contribution in [0.15, 0.2) is 42.5 Å². The van der Waals surface area contributed by atoms with Crippen LogP contribution in [0.2, 0.25) is 0 Å². The summed E-state index contributed by atoms with van der Waals surface area (Å²) in [5.74, 6) is 0.232. The summed E-state index contributed by atoms with van der Waals surface area (Å²) < 4.78 is 0. The van der Waals surface area contributed by atoms with Crippen molar-refractivity contribution in [3.05, 3.63) is 48.0 Å². The van der Waals surface area contributed by atoms with E-state index in [1.807, 2.05) is 42.3 Å². The summed E-state index contributed by atoms with van der Waals surface area (Å²) in [7, 11) is 1.98. The Bertz CT molecular complexity index is 519. The van der Waals surface area contributed by atoms with E-state index >= 15 is 0 Å². The molecule has 0 spiro atoms. The van der Waals surface area contributed by atoms with Gasteiger partial charge in [0, 0.05) is 13.1 Å². The quantitative estimate of drug-likeness (QED) is 0.798. The van der Waals surface area contributed by atoms with Gasteiger partial charge in [-0.3, -0.25) is 9.69 Å². The van der Waals surface area contributed by atoms with Gasteiger partial charge in [0.15, 0.2) is 0 Å². The van der Waals surface area contributed by atoms with Crippen LogP contribution in [0.25, 0.3) is 0 Å². The first-order valence-electron chi connectivity index (χ1n) is 8.44. The van der Waals surface area contributed by atoms with Crippen molar-refractivity contribution in [1.29, 1.82) is 0 Å². The Morgan fingerprint density at radius 3 is 2.55 bits per heavy atom. The van der Waals surface area contributed by atoms with Crippen LogP contribution < -0.4 is 0 Å². The van der Waals surface area contributed by atoms with Crippen LogP contribution in [0, 0.1) is 0 Å². The maximum Gasteiger partial charge on any atom is 0.227 e. The van der Waals surface area contributed by atoms with E-state index in [4.69, 9.17) is 0 Å². The minimum absolute atomic E-state index is 0.232. The first-order valence-corrected chi connectivity index (χ1v) is 8.44. The lowest BCUT2D eigenvalue weighted by molar-refractivity contribution is -0.132. The SMILES string of the molecule is CN(C(=O)Cc1ccccc1)[C@H]1CC=CC[C@@H]1N1CCCC1. The monoisotopic (exact) mass is 298 g/mol. The number of nitrogens with zero attached hydrogens (tertiary/aromatic N) is 2. The maximum absolute atomic E-state index is 12.7. The van der Waals surface area contributed by atoms with E-state index in [0.717, 1.165) is 18.4 Å². The summed E-state index contributed by atoms with van der Waals surface area (Å²) in [5.41, 5.74) is 1.10. The average Bonchev–Trinajstić information content (AvgIpc) is 3.09. The van der Waals surface area contributed by atoms with Crippen molar-refractivity contribution >= 4 is 5.91 Å². The minimum atomic E-state index is 0.232. The molecule has 0 aromatic heterocycles. The molecule has 0 N–H and O–H groups in total. The molecule has 1 fully saturated rings. The largest absolute Gasteiger partial charge is 0.341 e. The van der Waals surface area contributed by atoms with Crippen molar-refractivity contribution in [2.75, 3.05) is 20.1 Å². The Kier molecular flexibility index (Phi) is 4.94. The van der Waals surface area contributed by atoms with Crippen molar-refractivity contribution in [2.24, 2.45) is 0 Å². The van der Waals surface area contributed by atoms with E-state index in [0.29, 0.717) is 18.5 Å². The minimum Gasteiger partial charge on any atom is -0.341 e. The Morgan fingerprint density at radius 2 is 1.82 bits per heavy atom. The van der Waals surface area contributed by atoms with Gasteiger partial charge in [0.1, 0.15) is 0 Å². The number of benzene rings is 1. The zero-order valence-corrected chi connectivity index (χ0v) is 13.4. The van der Waals surface area contributed by atoms with Crippen molar-refractivity contribution in [3.63, 3.8) is 0 Å². The molecule has 1 amide bonds. The van der Waals surface area contributed by atoms with E-state index in [1.54, 1.807) is 0 Å². The maximum atomic E-state index is 12.7. The molecule has 3 nitrogen and oxygen atoms in total. The molecular formula is C19H26N2O. The average molecular weight is 298 g/mol. The number of likely N-dealkylation sites (N-methyl/N-ethyl adjacent to an activating group) is 1. The second-order valence-electron chi connectivity index (χ2n) is 6.49. The van der Waals surface area contributed by atoms with Gasteiger partial charge in [0.25, 0.3) is 0 Å². The Morgan fingerprint density at radius 1 is 1.14 bits per heavy atom. The van der Waals surface area contributed by atoms with Crippen LogP contribution in [0.3, 0.4) is 0 Å². The predicted octanol–water partition coefficient (Wildman–Crippen LogP) is 2.87. The van der Waals surface area contributed by atoms with Gasteiger partial charge in [-0.15, -0.1) is 0 Å². The van der Waals surface area contributed by atoms with Crippen LogP contribution in [-0.2, 0) is 11.2 Å². The van der Waals surface area contributed by atoms with Gasteiger partial charge in [0.2, 0.25) is 5.91 Å². The summed E-state index contributed by atoms with van der Waals surface area (Å²) in [6.45, 7) is 2.38. The molecule has 22 heavy (non-hydrogen) atoms. The fourth-order valence-corrected chi connectivity index (χ4v) is 3.75. The number of carbonyl (C=O) groups is 1. The van der Waals surface area contributed by atoms with E-state index in [1.165, 1.54) is 25.9 Å². The topological polar surface area (TPSA) is 23.6 Å². The Hall–Kier alpha value is -1.61. The van der Waals surface area contributed by atoms with Gasteiger partial charge in [-0.1, -0.05) is 42.5 Å². The lowest BCUT2D eigenvalue weighted by Gasteiger charge is -2.40. The molecule has 3 rings (SSSR count). The molecule has 1 aromatic rings. The molecule has 118 valence electrons. The second-order valence-corrected chi connectivity index (χ2v) is 6.49. The molecule has 1 aliphatic carbocycles. The summed E-state index contributed by atoms with van der Waals surface area (Å²) in [6, 6.07) is 10.9. The third-order valence-electron chi connectivity index (χ3n) is 5.06. The van der Waals surface area contributed by atoms with Crippen molar-refractivity contribution in [2.45, 2.75) is 44.2 Å². The molecule has 0 saturated carbocycles. The van der Waals surface area contributed by atoms with Crippen molar-refractivity contribution in [3.8, 4) is 0 Å². The van der Waals surface area contributed by atoms with Crippen molar-refractivity contribution in [1.82, 2.24) is 9.80 Å². The number of rotatable bonds is 4. The van der Waals surface area contributed by atoms with Crippen LogP contribution in [0.4, 0.5) is 0 Å². The first kappa shape index (κ1) is 15.3. The predicted molar refractivity (Wildman–Crippen MR) is 89.7 cm³/mol. The number of carbonyl (C=O) groups excluding carboxylic acids is 1. The molecule has 2 atom stereocenters. The number of hydrogen-bond acceptors (Lipinski definition) is 2. The van der Waals surface area contributed by atoms with E-state index < -0.39 is 0 Å². The molecule has 1 heterocycles. The molecule has 1 aromatic carbocycles. The van der Waals surface area contributed by atoms with Gasteiger partial charge >= 0.3 is 0 Å². The van der Waals surface area contributed by atoms with E-state index in [9.17, 15) is 4.79 Å². The first-order chi connectivity index (χ1) is 10.8. The highest BCUT2D eigenvalue weighted by atomic mass is 16.2. The third kappa shape index (κ3) is 3.41. The fourth-order valence-electron chi connectivity index (χ4n) is 3.75. The zero-order valence-electron chi connectivity index (χ0n) is 13.4. The van der Waals surface area contributed by atoms with Crippen LogP contribution in [0.5, 0.6) is 0 Å². The summed E-state index contributed by atoms with van der Waals surface area (Å²) in [4.78, 5) is 17.2. The zero-order chi connectivity index (χ0) is 15.4. The molecule has 0 unspecified atom stereocenters. The Labute approximate surface area is 133 Å². The molecule has 1 aliphatic heterocycles. The lowest BCUT2D eigenvalue weighted by atomic mass is 9.93. The van der Waals surface area contributed by atoms with Gasteiger partial charge < -0.3 is 4.90 Å². The molecular weight excluding hydrogens is 272 g/mol. The number of amides is 1. The van der Waals surface area contributed by atoms with Gasteiger partial charge in [-0.2, -0.15) is 0 Å². The van der Waals surface area contributed by atoms with Crippen LogP contribution >= 0.6 is 0 Å². The van der Waals surface area contributed by atoms with Gasteiger partial charge in [-0.05, 0) is 44.3 Å². The van der Waals surface area contributed by atoms with Gasteiger partial charge in [-0.25, -0.2) is 0 Å². The second kappa shape index (κ2) is 7.10. The highest BCUT2D eigenvalue weighted by Crippen LogP contribution is 2.26. The highest BCUT2D eigenvalue weighted by Gasteiger charge is 2.33. The van der Waals surface area contributed by atoms with E-state index in [2.05, 4.69) is 17.1 Å². The lowest BCUT2D eigenvalue weighted by Crippen LogP contribution is -2.52. The number of likely N-dealkylation sites (tertiary alicyclic amines) is 1. The van der Waals surface area contributed by atoms with Crippen LogP contribution in [0.1, 0.15) is 31.2 Å². The molecule has 3 heteroatoms. The Balaban J connectivity index is 1.67. The summed E-state index contributed by atoms with van der Waals surface area (Å²) >= 11 is 0. The third-order valence-corrected chi connectivity index (χ3v) is 5.06. The molecule has 0 bridgehead atoms. The molecule has 0 radical (unpaired) electrons. The smallest absolute Gasteiger partial charge is 0.227 e. The van der Waals surface area contributed by atoms with E-state index in [-0.39, 0.29) is 5.91 Å². The highest BCUT2D eigenvalue weighted by molar-refractivity contribution is 5.79. The standard InChI is InChI=1S/C19H26N2O/c1-20(19(22)15-16-9-3-2-4-10-16)17-11-5-6-12-18(17)21-13-7-8-14-21/h2-6,9-10,17-18H,7-8,11-15H2,1H3/t17-,18-/m0/s1. The van der Waals surface area contributed by atoms with Crippen LogP contribution in [-0.4, -0.2) is 47.9 Å². The molecule has 2 aliphatic rings. The summed E-state index contributed by atoms with van der Waals surface area (Å²) in [6.07, 6.45) is 9.69. The summed E-state index contributed by atoms with van der Waals surface area (Å²) in [5, 5.41) is 0. The normalized spacial score (nSPS) is 25.3. The number of hydrogen-bond donors (Lipinski definition) is 0. The molecule has 1 saturated heterocycles.